The van der Waals surface area contributed by atoms with Crippen molar-refractivity contribution in [2.24, 2.45) is 11.1 Å². The number of anilines is 2. The largest absolute Gasteiger partial charge is 0.384 e. The smallest absolute Gasteiger partial charge is 0.245 e. The molecular weight excluding hydrogens is 599 g/mol. The van der Waals surface area contributed by atoms with Crippen molar-refractivity contribution in [3.05, 3.63) is 85.8 Å². The molecule has 0 radical (unpaired) electrons. The minimum absolute atomic E-state index is 0.0252. The maximum absolute atomic E-state index is 14.0. The summed E-state index contributed by atoms with van der Waals surface area (Å²) in [6.45, 7) is 5.78. The Bertz CT molecular complexity index is 1770. The number of nitrogens with zero attached hydrogens (tertiary/aromatic N) is 4. The van der Waals surface area contributed by atoms with Crippen LogP contribution in [-0.2, 0) is 20.8 Å². The molecular formula is C29H24Cl2N6O2S2. The lowest BCUT2D eigenvalue weighted by Gasteiger charge is -2.45. The molecule has 1 spiro atoms. The molecule has 2 aromatic carbocycles. The first-order valence-electron chi connectivity index (χ1n) is 12.8. The fourth-order valence-electron chi connectivity index (χ4n) is 5.93. The zero-order valence-electron chi connectivity index (χ0n) is 22.3. The standard InChI is InChI=1S/C29H24Cl2N6O2S2/c1-14-18(30)9-8-16-23(14)34-25(39)29(16)17(12-32)24(33)37(20-10-28(2,3)11-21(38)22(20)29)26-35-36-27(41-26)40-13-15-6-4-5-7-19(15)31/h4-9H,10-11,13,33H2,1-3H3,(H,34,39)/t29-/m0/s1. The lowest BCUT2D eigenvalue weighted by atomic mass is 9.61. The highest BCUT2D eigenvalue weighted by molar-refractivity contribution is 8.00. The first kappa shape index (κ1) is 27.8. The second-order valence-electron chi connectivity index (χ2n) is 11.0. The fraction of sp³-hybridized carbons (Fsp3) is 0.276. The summed E-state index contributed by atoms with van der Waals surface area (Å²) >= 11 is 15.5. The molecule has 0 saturated carbocycles. The average molecular weight is 624 g/mol. The zero-order chi connectivity index (χ0) is 29.3. The number of Topliss-reactive ketones (excluding diaryl/α,β-unsaturated/α-hetero) is 1. The van der Waals surface area contributed by atoms with Crippen LogP contribution in [0.1, 0.15) is 43.4 Å². The highest BCUT2D eigenvalue weighted by atomic mass is 35.5. The number of carbonyl (C=O) groups excluding carboxylic acids is 2. The van der Waals surface area contributed by atoms with Gasteiger partial charge in [0, 0.05) is 39.1 Å². The molecule has 3 aliphatic rings. The number of benzene rings is 2. The Kier molecular flexibility index (Phi) is 6.70. The molecule has 6 rings (SSSR count). The number of nitrogens with one attached hydrogen (secondary N) is 1. The molecule has 208 valence electrons. The summed E-state index contributed by atoms with van der Waals surface area (Å²) in [5, 5.41) is 23.8. The minimum atomic E-state index is -1.69. The van der Waals surface area contributed by atoms with Gasteiger partial charge in [0.15, 0.2) is 10.1 Å². The van der Waals surface area contributed by atoms with E-state index < -0.39 is 16.7 Å². The Hall–Kier alpha value is -3.36. The maximum atomic E-state index is 14.0. The summed E-state index contributed by atoms with van der Waals surface area (Å²) < 4.78 is 0.671. The van der Waals surface area contributed by atoms with Crippen molar-refractivity contribution in [3.8, 4) is 6.07 Å². The van der Waals surface area contributed by atoms with E-state index in [9.17, 15) is 14.9 Å². The maximum Gasteiger partial charge on any atom is 0.245 e. The number of amides is 1. The van der Waals surface area contributed by atoms with E-state index in [0.717, 1.165) is 5.56 Å². The van der Waals surface area contributed by atoms with Crippen molar-refractivity contribution in [1.29, 1.82) is 5.26 Å². The number of nitrogens with two attached hydrogens (primary N) is 1. The van der Waals surface area contributed by atoms with E-state index in [2.05, 4.69) is 21.6 Å². The Morgan fingerprint density at radius 2 is 1.90 bits per heavy atom. The molecule has 3 heterocycles. The predicted octanol–water partition coefficient (Wildman–Crippen LogP) is 6.49. The topological polar surface area (TPSA) is 125 Å². The molecule has 12 heteroatoms. The molecule has 41 heavy (non-hydrogen) atoms. The van der Waals surface area contributed by atoms with Crippen molar-refractivity contribution >= 4 is 68.8 Å². The third kappa shape index (κ3) is 4.17. The van der Waals surface area contributed by atoms with Crippen molar-refractivity contribution in [3.63, 3.8) is 0 Å². The van der Waals surface area contributed by atoms with Gasteiger partial charge in [0.25, 0.3) is 0 Å². The van der Waals surface area contributed by atoms with Crippen molar-refractivity contribution in [2.75, 3.05) is 10.2 Å². The quantitative estimate of drug-likeness (QED) is 0.316. The van der Waals surface area contributed by atoms with E-state index >= 15 is 0 Å². The van der Waals surface area contributed by atoms with Crippen molar-refractivity contribution in [2.45, 2.75) is 49.1 Å². The molecule has 8 nitrogen and oxygen atoms in total. The van der Waals surface area contributed by atoms with Gasteiger partial charge < -0.3 is 11.1 Å². The number of carbonyl (C=O) groups is 2. The van der Waals surface area contributed by atoms with Gasteiger partial charge in [-0.15, -0.1) is 10.2 Å². The third-order valence-corrected chi connectivity index (χ3v) is 10.6. The number of hydrogen-bond donors (Lipinski definition) is 2. The summed E-state index contributed by atoms with van der Waals surface area (Å²) in [6, 6.07) is 13.2. The molecule has 3 N–H and O–H groups in total. The van der Waals surface area contributed by atoms with Gasteiger partial charge in [-0.05, 0) is 42.0 Å². The minimum Gasteiger partial charge on any atom is -0.384 e. The molecule has 0 bridgehead atoms. The van der Waals surface area contributed by atoms with E-state index in [-0.39, 0.29) is 29.2 Å². The average Bonchev–Trinajstić information content (AvgIpc) is 3.48. The van der Waals surface area contributed by atoms with Crippen LogP contribution in [0.3, 0.4) is 0 Å². The van der Waals surface area contributed by atoms with Crippen LogP contribution in [0.2, 0.25) is 10.0 Å². The first-order valence-corrected chi connectivity index (χ1v) is 15.3. The lowest BCUT2D eigenvalue weighted by Crippen LogP contribution is -2.52. The monoisotopic (exact) mass is 622 g/mol. The summed E-state index contributed by atoms with van der Waals surface area (Å²) in [6.07, 6.45) is 0.649. The molecule has 0 unspecified atom stereocenters. The normalized spacial score (nSPS) is 21.2. The van der Waals surface area contributed by atoms with Gasteiger partial charge in [-0.25, -0.2) is 0 Å². The number of allylic oxidation sites excluding steroid dienone is 1. The second-order valence-corrected chi connectivity index (χ2v) is 14.0. The van der Waals surface area contributed by atoms with Crippen LogP contribution in [0.25, 0.3) is 0 Å². The first-order chi connectivity index (χ1) is 19.5. The van der Waals surface area contributed by atoms with Crippen LogP contribution in [0.5, 0.6) is 0 Å². The number of rotatable bonds is 4. The van der Waals surface area contributed by atoms with Crippen LogP contribution in [0.4, 0.5) is 10.8 Å². The zero-order valence-corrected chi connectivity index (χ0v) is 25.5. The number of nitriles is 1. The molecule has 0 fully saturated rings. The third-order valence-electron chi connectivity index (χ3n) is 7.76. The van der Waals surface area contributed by atoms with Gasteiger partial charge >= 0.3 is 0 Å². The predicted molar refractivity (Wildman–Crippen MR) is 162 cm³/mol. The van der Waals surface area contributed by atoms with Crippen molar-refractivity contribution < 1.29 is 9.59 Å². The van der Waals surface area contributed by atoms with E-state index in [1.807, 2.05) is 38.1 Å². The highest BCUT2D eigenvalue weighted by Gasteiger charge is 2.61. The Morgan fingerprint density at radius 1 is 1.15 bits per heavy atom. The van der Waals surface area contributed by atoms with Gasteiger partial charge in [-0.3, -0.25) is 14.5 Å². The van der Waals surface area contributed by atoms with Crippen LogP contribution >= 0.6 is 46.3 Å². The van der Waals surface area contributed by atoms with E-state index in [4.69, 9.17) is 28.9 Å². The van der Waals surface area contributed by atoms with Gasteiger partial charge in [0.1, 0.15) is 17.3 Å². The molecule has 1 aromatic heterocycles. The molecule has 1 amide bonds. The van der Waals surface area contributed by atoms with Gasteiger partial charge in [0.05, 0.1) is 11.3 Å². The van der Waals surface area contributed by atoms with Gasteiger partial charge in [-0.2, -0.15) is 5.26 Å². The summed E-state index contributed by atoms with van der Waals surface area (Å²) in [4.78, 5) is 29.7. The molecule has 2 aliphatic heterocycles. The van der Waals surface area contributed by atoms with E-state index in [0.29, 0.717) is 54.2 Å². The Labute approximate surface area is 255 Å². The number of thioether (sulfide) groups is 1. The van der Waals surface area contributed by atoms with Gasteiger partial charge in [0.2, 0.25) is 11.0 Å². The SMILES string of the molecule is Cc1c(Cl)ccc2c1NC(=O)[C@]21C(C#N)=C(N)N(c2nnc(SCc3ccccc3Cl)s2)C2=C1C(=O)CC(C)(C)C2. The van der Waals surface area contributed by atoms with Crippen molar-refractivity contribution in [1.82, 2.24) is 10.2 Å². The number of ketones is 1. The van der Waals surface area contributed by atoms with Gasteiger partial charge in [-0.1, -0.05) is 84.4 Å². The highest BCUT2D eigenvalue weighted by Crippen LogP contribution is 2.58. The molecule has 3 aromatic rings. The summed E-state index contributed by atoms with van der Waals surface area (Å²) in [5.41, 5.74) is 8.08. The van der Waals surface area contributed by atoms with E-state index in [1.54, 1.807) is 24.0 Å². The lowest BCUT2D eigenvalue weighted by molar-refractivity contribution is -0.123. The second kappa shape index (κ2) is 9.88. The molecule has 1 atom stereocenters. The van der Waals surface area contributed by atoms with Crippen LogP contribution in [-0.4, -0.2) is 21.9 Å². The summed E-state index contributed by atoms with van der Waals surface area (Å²) in [7, 11) is 0. The number of aromatic nitrogens is 2. The Balaban J connectivity index is 1.52. The fourth-order valence-corrected chi connectivity index (χ4v) is 8.25. The number of hydrogen-bond acceptors (Lipinski definition) is 9. The Morgan fingerprint density at radius 3 is 2.63 bits per heavy atom. The summed E-state index contributed by atoms with van der Waals surface area (Å²) in [5.74, 6) is -0.0725. The van der Waals surface area contributed by atoms with Crippen LogP contribution in [0.15, 0.2) is 63.4 Å². The molecule has 1 aliphatic carbocycles. The van der Waals surface area contributed by atoms with Crippen LogP contribution in [0, 0.1) is 23.7 Å². The van der Waals surface area contributed by atoms with Crippen LogP contribution < -0.4 is 16.0 Å². The van der Waals surface area contributed by atoms with E-state index in [1.165, 1.54) is 23.1 Å². The number of halogens is 2. The number of fused-ring (bicyclic) bond motifs is 3. The molecule has 0 saturated heterocycles.